The van der Waals surface area contributed by atoms with Gasteiger partial charge in [-0.2, -0.15) is 0 Å². The number of rotatable bonds is 1. The van der Waals surface area contributed by atoms with Crippen molar-refractivity contribution in [3.8, 4) is 22.3 Å². The van der Waals surface area contributed by atoms with E-state index in [-0.39, 0.29) is 0 Å². The lowest BCUT2D eigenvalue weighted by Crippen LogP contribution is -1.85. The molecule has 0 aromatic heterocycles. The van der Waals surface area contributed by atoms with Crippen molar-refractivity contribution in [2.24, 2.45) is 0 Å². The smallest absolute Gasteiger partial charge is 0.00236 e. The van der Waals surface area contributed by atoms with Gasteiger partial charge < -0.3 is 0 Å². The summed E-state index contributed by atoms with van der Waals surface area (Å²) in [5.41, 5.74) is 9.83. The Morgan fingerprint density at radius 1 is 0.750 bits per heavy atom. The van der Waals surface area contributed by atoms with Crippen LogP contribution in [0.1, 0.15) is 23.6 Å². The van der Waals surface area contributed by atoms with Crippen molar-refractivity contribution in [2.75, 3.05) is 0 Å². The van der Waals surface area contributed by atoms with Crippen molar-refractivity contribution in [3.05, 3.63) is 59.2 Å². The van der Waals surface area contributed by atoms with E-state index < -0.39 is 0 Å². The van der Waals surface area contributed by atoms with Gasteiger partial charge in [-0.3, -0.25) is 0 Å². The Labute approximate surface area is 120 Å². The normalized spacial score (nSPS) is 11.9. The van der Waals surface area contributed by atoms with Gasteiger partial charge in [-0.25, -0.2) is 0 Å². The summed E-state index contributed by atoms with van der Waals surface area (Å²) in [4.78, 5) is 0. The molecule has 0 spiro atoms. The fraction of sp³-hybridized carbons (Fsp3) is 0.200. The fourth-order valence-corrected chi connectivity index (χ4v) is 3.49. The topological polar surface area (TPSA) is 0 Å². The van der Waals surface area contributed by atoms with Crippen LogP contribution in [0.2, 0.25) is 0 Å². The third-order valence-electron chi connectivity index (χ3n) is 4.73. The maximum atomic E-state index is 2.35. The van der Waals surface area contributed by atoms with Gasteiger partial charge >= 0.3 is 0 Å². The van der Waals surface area contributed by atoms with E-state index in [2.05, 4.69) is 63.2 Å². The molecule has 0 bridgehead atoms. The molecule has 0 fully saturated rings. The SMILES string of the molecule is CCc1ccc2c3c(cccc13)-c1cc(C)c(C)cc1-2. The standard InChI is InChI=1S/C20H18/c1-4-14-8-9-17-19-11-13(3)12(2)10-18(19)16-7-5-6-15(14)20(16)17/h5-11H,4H2,1-3H3. The molecule has 0 nitrogen and oxygen atoms in total. The van der Waals surface area contributed by atoms with Gasteiger partial charge in [0.1, 0.15) is 0 Å². The molecule has 0 saturated carbocycles. The molecule has 0 unspecified atom stereocenters. The van der Waals surface area contributed by atoms with E-state index in [1.165, 1.54) is 49.7 Å². The predicted molar refractivity (Wildman–Crippen MR) is 87.2 cm³/mol. The Morgan fingerprint density at radius 3 is 2.05 bits per heavy atom. The number of hydrogen-bond acceptors (Lipinski definition) is 0. The van der Waals surface area contributed by atoms with Crippen LogP contribution in [0.5, 0.6) is 0 Å². The highest BCUT2D eigenvalue weighted by Crippen LogP contribution is 2.48. The molecule has 20 heavy (non-hydrogen) atoms. The third kappa shape index (κ3) is 1.37. The van der Waals surface area contributed by atoms with Gasteiger partial charge in [0, 0.05) is 0 Å². The summed E-state index contributed by atoms with van der Waals surface area (Å²) in [5.74, 6) is 0. The molecule has 1 aliphatic carbocycles. The zero-order valence-corrected chi connectivity index (χ0v) is 12.2. The van der Waals surface area contributed by atoms with Crippen LogP contribution >= 0.6 is 0 Å². The van der Waals surface area contributed by atoms with Crippen LogP contribution in [0.15, 0.2) is 42.5 Å². The monoisotopic (exact) mass is 258 g/mol. The second kappa shape index (κ2) is 3.96. The fourth-order valence-electron chi connectivity index (χ4n) is 3.49. The summed E-state index contributed by atoms with van der Waals surface area (Å²) in [7, 11) is 0. The van der Waals surface area contributed by atoms with Crippen molar-refractivity contribution in [2.45, 2.75) is 27.2 Å². The molecule has 4 rings (SSSR count). The molecule has 98 valence electrons. The lowest BCUT2D eigenvalue weighted by Gasteiger charge is -2.07. The van der Waals surface area contributed by atoms with Crippen LogP contribution in [-0.2, 0) is 6.42 Å². The summed E-state index contributed by atoms with van der Waals surface area (Å²) < 4.78 is 0. The minimum Gasteiger partial charge on any atom is -0.0613 e. The second-order valence-electron chi connectivity index (χ2n) is 5.84. The van der Waals surface area contributed by atoms with Crippen molar-refractivity contribution >= 4 is 10.8 Å². The average Bonchev–Trinajstić information content (AvgIpc) is 2.76. The van der Waals surface area contributed by atoms with Gasteiger partial charge in [0.15, 0.2) is 0 Å². The quantitative estimate of drug-likeness (QED) is 0.413. The second-order valence-corrected chi connectivity index (χ2v) is 5.84. The predicted octanol–water partition coefficient (Wildman–Crippen LogP) is 5.67. The van der Waals surface area contributed by atoms with Crippen molar-refractivity contribution in [3.63, 3.8) is 0 Å². The van der Waals surface area contributed by atoms with E-state index in [1.807, 2.05) is 0 Å². The average molecular weight is 258 g/mol. The molecular weight excluding hydrogens is 240 g/mol. The molecule has 0 amide bonds. The molecule has 3 aromatic carbocycles. The molecule has 0 aliphatic heterocycles. The van der Waals surface area contributed by atoms with Gasteiger partial charge in [-0.15, -0.1) is 0 Å². The highest BCUT2D eigenvalue weighted by molar-refractivity contribution is 6.16. The van der Waals surface area contributed by atoms with Gasteiger partial charge in [0.05, 0.1) is 0 Å². The molecule has 0 heteroatoms. The van der Waals surface area contributed by atoms with Crippen molar-refractivity contribution < 1.29 is 0 Å². The van der Waals surface area contributed by atoms with E-state index in [9.17, 15) is 0 Å². The highest BCUT2D eigenvalue weighted by Gasteiger charge is 2.22. The first-order valence-corrected chi connectivity index (χ1v) is 7.37. The zero-order valence-electron chi connectivity index (χ0n) is 12.2. The Bertz CT molecular complexity index is 818. The highest BCUT2D eigenvalue weighted by atomic mass is 14.3. The number of fused-ring (bicyclic) bond motifs is 3. The van der Waals surface area contributed by atoms with E-state index >= 15 is 0 Å². The van der Waals surface area contributed by atoms with Crippen LogP contribution in [0.25, 0.3) is 33.0 Å². The van der Waals surface area contributed by atoms with E-state index in [1.54, 1.807) is 0 Å². The molecular formula is C20H18. The van der Waals surface area contributed by atoms with Crippen LogP contribution in [0.4, 0.5) is 0 Å². The largest absolute Gasteiger partial charge is 0.0613 e. The molecule has 0 atom stereocenters. The molecule has 1 aliphatic rings. The van der Waals surface area contributed by atoms with Gasteiger partial charge in [-0.05, 0) is 70.0 Å². The Hall–Kier alpha value is -2.08. The summed E-state index contributed by atoms with van der Waals surface area (Å²) in [6.07, 6.45) is 1.09. The Balaban J connectivity index is 2.19. The van der Waals surface area contributed by atoms with Crippen LogP contribution in [-0.4, -0.2) is 0 Å². The summed E-state index contributed by atoms with van der Waals surface area (Å²) in [5, 5.41) is 2.88. The first kappa shape index (κ1) is 11.7. The summed E-state index contributed by atoms with van der Waals surface area (Å²) >= 11 is 0. The first-order chi connectivity index (χ1) is 9.70. The molecule has 0 heterocycles. The van der Waals surface area contributed by atoms with Crippen molar-refractivity contribution in [1.82, 2.24) is 0 Å². The van der Waals surface area contributed by atoms with E-state index in [0.29, 0.717) is 0 Å². The Morgan fingerprint density at radius 2 is 1.40 bits per heavy atom. The van der Waals surface area contributed by atoms with Crippen LogP contribution in [0, 0.1) is 13.8 Å². The van der Waals surface area contributed by atoms with Gasteiger partial charge in [0.25, 0.3) is 0 Å². The number of benzene rings is 3. The first-order valence-electron chi connectivity index (χ1n) is 7.37. The summed E-state index contributed by atoms with van der Waals surface area (Å²) in [6, 6.07) is 16.1. The lowest BCUT2D eigenvalue weighted by atomic mass is 9.97. The maximum Gasteiger partial charge on any atom is -0.00236 e. The van der Waals surface area contributed by atoms with E-state index in [0.717, 1.165) is 6.42 Å². The van der Waals surface area contributed by atoms with E-state index in [4.69, 9.17) is 0 Å². The molecule has 0 N–H and O–H groups in total. The van der Waals surface area contributed by atoms with Gasteiger partial charge in [0.2, 0.25) is 0 Å². The minimum absolute atomic E-state index is 1.09. The van der Waals surface area contributed by atoms with Crippen LogP contribution in [0.3, 0.4) is 0 Å². The third-order valence-corrected chi connectivity index (χ3v) is 4.73. The lowest BCUT2D eigenvalue weighted by molar-refractivity contribution is 1.16. The van der Waals surface area contributed by atoms with Crippen LogP contribution < -0.4 is 0 Å². The molecule has 0 saturated heterocycles. The molecule has 0 radical (unpaired) electrons. The molecule has 3 aromatic rings. The van der Waals surface area contributed by atoms with Crippen molar-refractivity contribution in [1.29, 1.82) is 0 Å². The Kier molecular flexibility index (Phi) is 2.32. The number of aryl methyl sites for hydroxylation is 3. The maximum absolute atomic E-state index is 2.35. The van der Waals surface area contributed by atoms with Gasteiger partial charge in [-0.1, -0.05) is 49.4 Å². The summed E-state index contributed by atoms with van der Waals surface area (Å²) in [6.45, 7) is 6.65. The zero-order chi connectivity index (χ0) is 13.9. The minimum atomic E-state index is 1.09. The number of hydrogen-bond donors (Lipinski definition) is 0.